The molecule has 1 aromatic carbocycles. The number of benzene rings is 1. The van der Waals surface area contributed by atoms with Gasteiger partial charge in [-0.05, 0) is 36.3 Å². The highest BCUT2D eigenvalue weighted by atomic mass is 16.6. The summed E-state index contributed by atoms with van der Waals surface area (Å²) in [6.45, 7) is 0. The third kappa shape index (κ3) is 2.75. The number of methoxy groups -OCH3 is 1. The van der Waals surface area contributed by atoms with E-state index < -0.39 is 11.9 Å². The van der Waals surface area contributed by atoms with Crippen LogP contribution in [0, 0.1) is 11.8 Å². The maximum Gasteiger partial charge on any atom is 0.373 e. The molecule has 2 aliphatic heterocycles. The topological polar surface area (TPSA) is 52.6 Å². The molecule has 4 heteroatoms. The highest BCUT2D eigenvalue weighted by Gasteiger charge is 2.32. The molecule has 4 nitrogen and oxygen atoms in total. The van der Waals surface area contributed by atoms with Gasteiger partial charge < -0.3 is 9.47 Å². The molecule has 0 atom stereocenters. The number of hydrogen-bond acceptors (Lipinski definition) is 4. The molecule has 1 fully saturated rings. The molecule has 4 rings (SSSR count). The molecule has 21 heavy (non-hydrogen) atoms. The van der Waals surface area contributed by atoms with Crippen molar-refractivity contribution >= 4 is 17.5 Å². The van der Waals surface area contributed by atoms with Gasteiger partial charge in [-0.2, -0.15) is 0 Å². The van der Waals surface area contributed by atoms with Gasteiger partial charge in [0, 0.05) is 0 Å². The van der Waals surface area contributed by atoms with Gasteiger partial charge in [0.25, 0.3) is 0 Å². The van der Waals surface area contributed by atoms with Gasteiger partial charge in [0.15, 0.2) is 0 Å². The van der Waals surface area contributed by atoms with Crippen molar-refractivity contribution < 1.29 is 19.1 Å². The van der Waals surface area contributed by atoms with E-state index in [1.807, 2.05) is 36.4 Å². The van der Waals surface area contributed by atoms with Gasteiger partial charge in [-0.15, -0.1) is 0 Å². The molecule has 2 heterocycles. The Morgan fingerprint density at radius 3 is 2.48 bits per heavy atom. The Kier molecular flexibility index (Phi) is 3.60. The summed E-state index contributed by atoms with van der Waals surface area (Å²) in [4.78, 5) is 24.1. The SMILES string of the molecule is COC(=O)/C1=C/C2CC(/C=C(/c3ccccc3)C(=O)O1)C2. The second-order valence-electron chi connectivity index (χ2n) is 5.35. The Morgan fingerprint density at radius 1 is 1.14 bits per heavy atom. The Hall–Kier alpha value is -2.36. The van der Waals surface area contributed by atoms with Crippen LogP contribution < -0.4 is 0 Å². The highest BCUT2D eigenvalue weighted by molar-refractivity contribution is 6.17. The molecule has 0 radical (unpaired) electrons. The van der Waals surface area contributed by atoms with E-state index in [0.717, 1.165) is 18.4 Å². The zero-order chi connectivity index (χ0) is 14.8. The zero-order valence-electron chi connectivity index (χ0n) is 11.7. The van der Waals surface area contributed by atoms with Gasteiger partial charge >= 0.3 is 11.9 Å². The molecule has 2 bridgehead atoms. The van der Waals surface area contributed by atoms with Crippen LogP contribution in [0.5, 0.6) is 0 Å². The fourth-order valence-corrected chi connectivity index (χ4v) is 2.73. The van der Waals surface area contributed by atoms with Crippen LogP contribution in [0.4, 0.5) is 0 Å². The van der Waals surface area contributed by atoms with Crippen molar-refractivity contribution in [1.29, 1.82) is 0 Å². The van der Waals surface area contributed by atoms with E-state index in [1.165, 1.54) is 7.11 Å². The first-order valence-corrected chi connectivity index (χ1v) is 6.97. The molecule has 0 aromatic heterocycles. The standard InChI is InChI=1S/C17H16O4/c1-20-17(19)15-10-12-7-11(8-12)9-14(16(18)21-15)13-5-3-2-4-6-13/h2-6,9-12H,7-8H2,1H3/b14-9-,15-10-. The number of ether oxygens (including phenoxy) is 2. The Morgan fingerprint density at radius 2 is 1.81 bits per heavy atom. The van der Waals surface area contributed by atoms with Gasteiger partial charge in [0.05, 0.1) is 12.7 Å². The average Bonchev–Trinajstić information content (AvgIpc) is 2.58. The number of carbonyl (C=O) groups excluding carboxylic acids is 2. The molecule has 0 saturated heterocycles. The summed E-state index contributed by atoms with van der Waals surface area (Å²) in [7, 11) is 1.28. The van der Waals surface area contributed by atoms with Gasteiger partial charge in [-0.3, -0.25) is 0 Å². The lowest BCUT2D eigenvalue weighted by Gasteiger charge is -2.30. The number of esters is 2. The van der Waals surface area contributed by atoms with Crippen LogP contribution in [0.15, 0.2) is 48.2 Å². The van der Waals surface area contributed by atoms with E-state index in [9.17, 15) is 9.59 Å². The predicted molar refractivity (Wildman–Crippen MR) is 76.8 cm³/mol. The van der Waals surface area contributed by atoms with E-state index in [-0.39, 0.29) is 11.7 Å². The van der Waals surface area contributed by atoms with Gasteiger partial charge in [0.1, 0.15) is 0 Å². The maximum atomic E-state index is 12.4. The molecule has 1 aliphatic carbocycles. The van der Waals surface area contributed by atoms with Crippen molar-refractivity contribution in [3.8, 4) is 0 Å². The molecule has 0 unspecified atom stereocenters. The average molecular weight is 284 g/mol. The van der Waals surface area contributed by atoms with Gasteiger partial charge in [-0.25, -0.2) is 9.59 Å². The molecule has 1 aromatic rings. The second kappa shape index (κ2) is 5.56. The van der Waals surface area contributed by atoms with Crippen molar-refractivity contribution in [1.82, 2.24) is 0 Å². The molecule has 1 saturated carbocycles. The lowest BCUT2D eigenvalue weighted by atomic mass is 9.74. The zero-order valence-corrected chi connectivity index (χ0v) is 11.7. The van der Waals surface area contributed by atoms with Crippen molar-refractivity contribution in [3.63, 3.8) is 0 Å². The summed E-state index contributed by atoms with van der Waals surface area (Å²) in [5.74, 6) is -0.504. The van der Waals surface area contributed by atoms with E-state index in [2.05, 4.69) is 4.74 Å². The van der Waals surface area contributed by atoms with Gasteiger partial charge in [-0.1, -0.05) is 36.4 Å². The third-order valence-electron chi connectivity index (χ3n) is 3.89. The molecular weight excluding hydrogens is 268 g/mol. The van der Waals surface area contributed by atoms with Crippen LogP contribution in [0.25, 0.3) is 5.57 Å². The maximum absolute atomic E-state index is 12.4. The molecule has 108 valence electrons. The largest absolute Gasteiger partial charge is 0.463 e. The quantitative estimate of drug-likeness (QED) is 0.784. The predicted octanol–water partition coefficient (Wildman–Crippen LogP) is 2.71. The highest BCUT2D eigenvalue weighted by Crippen LogP contribution is 2.39. The monoisotopic (exact) mass is 284 g/mol. The van der Waals surface area contributed by atoms with Crippen LogP contribution >= 0.6 is 0 Å². The van der Waals surface area contributed by atoms with Crippen LogP contribution in [0.3, 0.4) is 0 Å². The number of rotatable bonds is 2. The Balaban J connectivity index is 1.96. The normalized spacial score (nSPS) is 29.3. The summed E-state index contributed by atoms with van der Waals surface area (Å²) >= 11 is 0. The molecule has 3 aliphatic rings. The fraction of sp³-hybridized carbons (Fsp3) is 0.294. The van der Waals surface area contributed by atoms with Gasteiger partial charge in [0.2, 0.25) is 5.76 Å². The summed E-state index contributed by atoms with van der Waals surface area (Å²) in [5.41, 5.74) is 1.31. The van der Waals surface area contributed by atoms with Crippen LogP contribution in [0.2, 0.25) is 0 Å². The molecular formula is C17H16O4. The van der Waals surface area contributed by atoms with Crippen molar-refractivity contribution in [2.24, 2.45) is 11.8 Å². The summed E-state index contributed by atoms with van der Waals surface area (Å²) in [5, 5.41) is 0. The van der Waals surface area contributed by atoms with E-state index >= 15 is 0 Å². The summed E-state index contributed by atoms with van der Waals surface area (Å²) < 4.78 is 9.95. The number of allylic oxidation sites excluding steroid dienone is 2. The fourth-order valence-electron chi connectivity index (χ4n) is 2.73. The van der Waals surface area contributed by atoms with Crippen molar-refractivity contribution in [2.75, 3.05) is 7.11 Å². The van der Waals surface area contributed by atoms with Crippen LogP contribution in [-0.2, 0) is 19.1 Å². The van der Waals surface area contributed by atoms with E-state index in [1.54, 1.807) is 6.08 Å². The van der Waals surface area contributed by atoms with Crippen LogP contribution in [0.1, 0.15) is 18.4 Å². The van der Waals surface area contributed by atoms with Crippen molar-refractivity contribution in [3.05, 3.63) is 53.8 Å². The first kappa shape index (κ1) is 13.6. The minimum Gasteiger partial charge on any atom is -0.463 e. The van der Waals surface area contributed by atoms with E-state index in [4.69, 9.17) is 4.74 Å². The number of hydrogen-bond donors (Lipinski definition) is 0. The minimum atomic E-state index is -0.610. The first-order chi connectivity index (χ1) is 10.2. The molecule has 0 N–H and O–H groups in total. The smallest absolute Gasteiger partial charge is 0.373 e. The summed E-state index contributed by atoms with van der Waals surface area (Å²) in [6, 6.07) is 9.36. The molecule has 0 amide bonds. The minimum absolute atomic E-state index is 0.00492. The Labute approximate surface area is 123 Å². The van der Waals surface area contributed by atoms with Crippen molar-refractivity contribution in [2.45, 2.75) is 12.8 Å². The van der Waals surface area contributed by atoms with Crippen LogP contribution in [-0.4, -0.2) is 19.0 Å². The summed E-state index contributed by atoms with van der Waals surface area (Å²) in [6.07, 6.45) is 5.52. The first-order valence-electron chi connectivity index (χ1n) is 6.97. The lowest BCUT2D eigenvalue weighted by Crippen LogP contribution is -2.21. The lowest BCUT2D eigenvalue weighted by molar-refractivity contribution is -0.146. The second-order valence-corrected chi connectivity index (χ2v) is 5.35. The van der Waals surface area contributed by atoms with E-state index in [0.29, 0.717) is 11.5 Å². The Bertz CT molecular complexity index is 621. The number of carbonyl (C=O) groups is 2. The number of fused-ring (bicyclic) bond motifs is 3. The molecule has 0 spiro atoms. The third-order valence-corrected chi connectivity index (χ3v) is 3.89.